The highest BCUT2D eigenvalue weighted by atomic mass is 35.5. The fraction of sp³-hybridized carbons (Fsp3) is 0.222. The van der Waals surface area contributed by atoms with E-state index in [9.17, 15) is 0 Å². The van der Waals surface area contributed by atoms with Crippen LogP contribution in [0.3, 0.4) is 0 Å². The van der Waals surface area contributed by atoms with Crippen molar-refractivity contribution in [1.82, 2.24) is 5.48 Å². The summed E-state index contributed by atoms with van der Waals surface area (Å²) in [5.41, 5.74) is 2.73. The quantitative estimate of drug-likeness (QED) is 0.434. The highest BCUT2D eigenvalue weighted by Crippen LogP contribution is 2.14. The molecule has 1 rings (SSSR count). The van der Waals surface area contributed by atoms with E-state index in [0.29, 0.717) is 23.0 Å². The van der Waals surface area contributed by atoms with Gasteiger partial charge < -0.3 is 0 Å². The Morgan fingerprint density at radius 2 is 2.23 bits per heavy atom. The molecule has 2 N–H and O–H groups in total. The molecule has 0 amide bonds. The van der Waals surface area contributed by atoms with Gasteiger partial charge >= 0.3 is 0 Å². The van der Waals surface area contributed by atoms with E-state index < -0.39 is 0 Å². The molecule has 0 heterocycles. The molecule has 0 radical (unpaired) electrons. The Morgan fingerprint density at radius 1 is 1.54 bits per heavy atom. The van der Waals surface area contributed by atoms with Gasteiger partial charge in [-0.2, -0.15) is 0 Å². The van der Waals surface area contributed by atoms with Crippen LogP contribution in [-0.4, -0.2) is 17.6 Å². The van der Waals surface area contributed by atoms with E-state index in [1.807, 2.05) is 24.5 Å². The number of amidine groups is 1. The number of halogens is 1. The van der Waals surface area contributed by atoms with Gasteiger partial charge in [0.05, 0.1) is 5.02 Å². The number of rotatable bonds is 2. The van der Waals surface area contributed by atoms with Crippen molar-refractivity contribution in [2.24, 2.45) is 4.99 Å². The van der Waals surface area contributed by atoms with Crippen LogP contribution in [0.5, 0.6) is 0 Å². The minimum atomic E-state index is 0.396. The number of nitrogens with one attached hydrogen (secondary N) is 1. The van der Waals surface area contributed by atoms with Crippen LogP contribution in [0.1, 0.15) is 12.5 Å². The van der Waals surface area contributed by atoms with Gasteiger partial charge in [-0.05, 0) is 19.1 Å². The standard InChI is InChI=1S/C9H11ClN2O/c1-2-11-9(12-13)7-5-3-4-6-8(7)10/h3-6,13H,2H2,1H3,(H,11,12). The predicted molar refractivity (Wildman–Crippen MR) is 53.5 cm³/mol. The van der Waals surface area contributed by atoms with Crippen LogP contribution >= 0.6 is 11.6 Å². The molecule has 0 aromatic heterocycles. The molecule has 0 aliphatic rings. The molecule has 4 heteroatoms. The third-order valence-electron chi connectivity index (χ3n) is 1.55. The molecule has 70 valence electrons. The second-order valence-electron chi connectivity index (χ2n) is 2.41. The molecule has 13 heavy (non-hydrogen) atoms. The lowest BCUT2D eigenvalue weighted by Gasteiger charge is -2.05. The Kier molecular flexibility index (Phi) is 3.73. The maximum Gasteiger partial charge on any atom is 0.153 e. The summed E-state index contributed by atoms with van der Waals surface area (Å²) in [5.74, 6) is 0.396. The van der Waals surface area contributed by atoms with Crippen LogP contribution < -0.4 is 5.48 Å². The second-order valence-corrected chi connectivity index (χ2v) is 2.82. The van der Waals surface area contributed by atoms with Gasteiger partial charge in [0.15, 0.2) is 5.84 Å². The number of hydrogen-bond donors (Lipinski definition) is 2. The van der Waals surface area contributed by atoms with E-state index in [0.717, 1.165) is 0 Å². The number of hydroxylamine groups is 1. The van der Waals surface area contributed by atoms with Crippen LogP contribution in [0.15, 0.2) is 29.3 Å². The fourth-order valence-electron chi connectivity index (χ4n) is 0.992. The Morgan fingerprint density at radius 3 is 2.77 bits per heavy atom. The molecule has 0 saturated heterocycles. The topological polar surface area (TPSA) is 44.6 Å². The van der Waals surface area contributed by atoms with Crippen LogP contribution in [0, 0.1) is 0 Å². The van der Waals surface area contributed by atoms with E-state index in [4.69, 9.17) is 16.8 Å². The van der Waals surface area contributed by atoms with E-state index in [2.05, 4.69) is 4.99 Å². The largest absolute Gasteiger partial charge is 0.290 e. The molecule has 0 aliphatic carbocycles. The molecule has 0 bridgehead atoms. The fourth-order valence-corrected chi connectivity index (χ4v) is 1.22. The van der Waals surface area contributed by atoms with Crippen molar-refractivity contribution >= 4 is 17.4 Å². The molecular formula is C9H11ClN2O. The molecule has 0 fully saturated rings. The first-order valence-electron chi connectivity index (χ1n) is 3.99. The van der Waals surface area contributed by atoms with Crippen molar-refractivity contribution in [2.45, 2.75) is 6.92 Å². The smallest absolute Gasteiger partial charge is 0.153 e. The van der Waals surface area contributed by atoms with Gasteiger partial charge in [-0.25, -0.2) is 0 Å². The zero-order valence-electron chi connectivity index (χ0n) is 7.29. The zero-order valence-corrected chi connectivity index (χ0v) is 8.04. The van der Waals surface area contributed by atoms with Crippen molar-refractivity contribution in [3.63, 3.8) is 0 Å². The first kappa shape index (κ1) is 10.0. The minimum Gasteiger partial charge on any atom is -0.290 e. The first-order chi connectivity index (χ1) is 6.29. The van der Waals surface area contributed by atoms with E-state index in [-0.39, 0.29) is 0 Å². The molecule has 0 aliphatic heterocycles. The summed E-state index contributed by atoms with van der Waals surface area (Å²) in [5, 5.41) is 9.36. The molecule has 1 aromatic rings. The molecule has 0 unspecified atom stereocenters. The lowest BCUT2D eigenvalue weighted by Crippen LogP contribution is -2.20. The second kappa shape index (κ2) is 4.84. The molecular weight excluding hydrogens is 188 g/mol. The summed E-state index contributed by atoms with van der Waals surface area (Å²) in [4.78, 5) is 4.04. The maximum absolute atomic E-state index is 8.80. The average molecular weight is 199 g/mol. The first-order valence-corrected chi connectivity index (χ1v) is 4.36. The van der Waals surface area contributed by atoms with Crippen molar-refractivity contribution in [2.75, 3.05) is 6.54 Å². The summed E-state index contributed by atoms with van der Waals surface area (Å²) in [6.07, 6.45) is 0. The number of hydrogen-bond acceptors (Lipinski definition) is 2. The molecule has 3 nitrogen and oxygen atoms in total. The van der Waals surface area contributed by atoms with Crippen molar-refractivity contribution < 1.29 is 5.21 Å². The van der Waals surface area contributed by atoms with Crippen molar-refractivity contribution in [3.8, 4) is 0 Å². The Hall–Kier alpha value is -1.06. The van der Waals surface area contributed by atoms with Gasteiger partial charge in [-0.1, -0.05) is 23.7 Å². The molecule has 0 atom stereocenters. The highest BCUT2D eigenvalue weighted by Gasteiger charge is 2.04. The monoisotopic (exact) mass is 198 g/mol. The van der Waals surface area contributed by atoms with E-state index in [1.165, 1.54) is 0 Å². The Labute approximate surface area is 82.0 Å². The third-order valence-corrected chi connectivity index (χ3v) is 1.88. The lowest BCUT2D eigenvalue weighted by molar-refractivity contribution is 0.234. The van der Waals surface area contributed by atoms with Gasteiger partial charge in [0.25, 0.3) is 0 Å². The zero-order chi connectivity index (χ0) is 9.68. The van der Waals surface area contributed by atoms with Gasteiger partial charge in [0.1, 0.15) is 0 Å². The summed E-state index contributed by atoms with van der Waals surface area (Å²) in [7, 11) is 0. The molecule has 0 spiro atoms. The minimum absolute atomic E-state index is 0.396. The summed E-state index contributed by atoms with van der Waals surface area (Å²) >= 11 is 5.90. The van der Waals surface area contributed by atoms with E-state index in [1.54, 1.807) is 12.1 Å². The van der Waals surface area contributed by atoms with Crippen molar-refractivity contribution in [1.29, 1.82) is 0 Å². The van der Waals surface area contributed by atoms with Gasteiger partial charge in [0.2, 0.25) is 0 Å². The summed E-state index contributed by atoms with van der Waals surface area (Å²) < 4.78 is 0. The number of nitrogens with zero attached hydrogens (tertiary/aromatic N) is 1. The summed E-state index contributed by atoms with van der Waals surface area (Å²) in [6.45, 7) is 2.47. The van der Waals surface area contributed by atoms with Gasteiger partial charge in [-0.15, -0.1) is 0 Å². The molecule has 1 aromatic carbocycles. The average Bonchev–Trinajstić information content (AvgIpc) is 2.16. The molecule has 0 saturated carbocycles. The number of benzene rings is 1. The number of aliphatic imine (C=N–C) groups is 1. The highest BCUT2D eigenvalue weighted by molar-refractivity contribution is 6.34. The SMILES string of the molecule is CCN=C(NO)c1ccccc1Cl. The van der Waals surface area contributed by atoms with E-state index >= 15 is 0 Å². The third kappa shape index (κ3) is 2.44. The van der Waals surface area contributed by atoms with Gasteiger partial charge in [-0.3, -0.25) is 15.7 Å². The van der Waals surface area contributed by atoms with Gasteiger partial charge in [0, 0.05) is 12.1 Å². The van der Waals surface area contributed by atoms with Crippen LogP contribution in [0.25, 0.3) is 0 Å². The summed E-state index contributed by atoms with van der Waals surface area (Å²) in [6, 6.07) is 7.20. The normalized spacial score (nSPS) is 11.5. The van der Waals surface area contributed by atoms with Crippen LogP contribution in [0.2, 0.25) is 5.02 Å². The Balaban J connectivity index is 3.05. The maximum atomic E-state index is 8.80. The Bertz CT molecular complexity index is 312. The predicted octanol–water partition coefficient (Wildman–Crippen LogP) is 2.09. The lowest BCUT2D eigenvalue weighted by atomic mass is 10.2. The van der Waals surface area contributed by atoms with Crippen LogP contribution in [0.4, 0.5) is 0 Å². The van der Waals surface area contributed by atoms with Crippen molar-refractivity contribution in [3.05, 3.63) is 34.9 Å². The van der Waals surface area contributed by atoms with Crippen LogP contribution in [-0.2, 0) is 0 Å².